The van der Waals surface area contributed by atoms with Crippen molar-refractivity contribution in [3.63, 3.8) is 0 Å². The molecule has 0 spiro atoms. The Bertz CT molecular complexity index is 768. The molecule has 0 aromatic heterocycles. The van der Waals surface area contributed by atoms with Crippen molar-refractivity contribution in [3.8, 4) is 11.1 Å². The lowest BCUT2D eigenvalue weighted by Crippen LogP contribution is -2.33. The highest BCUT2D eigenvalue weighted by Crippen LogP contribution is 2.32. The molecule has 4 heteroatoms. The quantitative estimate of drug-likeness (QED) is 0.921. The average molecular weight is 308 g/mol. The molecular formula is C19H20N2O2. The second-order valence-electron chi connectivity index (χ2n) is 5.88. The lowest BCUT2D eigenvalue weighted by atomic mass is 9.96. The maximum absolute atomic E-state index is 11.7. The summed E-state index contributed by atoms with van der Waals surface area (Å²) in [6.07, 6.45) is 1.97. The van der Waals surface area contributed by atoms with Gasteiger partial charge in [0.2, 0.25) is 11.8 Å². The molecule has 1 aliphatic heterocycles. The molecule has 2 amide bonds. The third-order valence-corrected chi connectivity index (χ3v) is 4.09. The lowest BCUT2D eigenvalue weighted by Gasteiger charge is -2.29. The van der Waals surface area contributed by atoms with E-state index in [1.54, 1.807) is 6.92 Å². The first-order chi connectivity index (χ1) is 11.0. The number of hydrogen-bond donors (Lipinski definition) is 1. The molecule has 0 radical (unpaired) electrons. The van der Waals surface area contributed by atoms with Gasteiger partial charge in [-0.05, 0) is 53.8 Å². The van der Waals surface area contributed by atoms with Gasteiger partial charge in [0.05, 0.1) is 0 Å². The minimum Gasteiger partial charge on any atom is -0.326 e. The molecule has 0 saturated heterocycles. The highest BCUT2D eigenvalue weighted by molar-refractivity contribution is 5.93. The fourth-order valence-electron chi connectivity index (χ4n) is 3.08. The van der Waals surface area contributed by atoms with Gasteiger partial charge in [0.25, 0.3) is 0 Å². The van der Waals surface area contributed by atoms with Crippen LogP contribution < -0.4 is 10.2 Å². The largest absolute Gasteiger partial charge is 0.326 e. The van der Waals surface area contributed by atoms with Crippen molar-refractivity contribution < 1.29 is 9.59 Å². The number of nitrogens with one attached hydrogen (secondary N) is 1. The zero-order valence-corrected chi connectivity index (χ0v) is 13.4. The normalized spacial score (nSPS) is 13.4. The van der Waals surface area contributed by atoms with Crippen molar-refractivity contribution >= 4 is 23.2 Å². The minimum atomic E-state index is -0.0790. The van der Waals surface area contributed by atoms with E-state index in [0.717, 1.165) is 41.9 Å². The van der Waals surface area contributed by atoms with Crippen molar-refractivity contribution in [1.29, 1.82) is 0 Å². The first-order valence-electron chi connectivity index (χ1n) is 7.83. The van der Waals surface area contributed by atoms with E-state index in [9.17, 15) is 9.59 Å². The highest BCUT2D eigenvalue weighted by atomic mass is 16.2. The van der Waals surface area contributed by atoms with Gasteiger partial charge in [-0.2, -0.15) is 0 Å². The van der Waals surface area contributed by atoms with Crippen LogP contribution in [-0.2, 0) is 16.0 Å². The number of rotatable bonds is 2. The van der Waals surface area contributed by atoms with Crippen molar-refractivity contribution in [3.05, 3.63) is 48.0 Å². The van der Waals surface area contributed by atoms with Crippen LogP contribution in [0.2, 0.25) is 0 Å². The number of carbonyl (C=O) groups excluding carboxylic acids is 2. The Morgan fingerprint density at radius 1 is 1.04 bits per heavy atom. The Kier molecular flexibility index (Phi) is 4.15. The molecule has 0 bridgehead atoms. The molecule has 0 atom stereocenters. The molecule has 0 saturated carbocycles. The van der Waals surface area contributed by atoms with Gasteiger partial charge in [-0.15, -0.1) is 0 Å². The van der Waals surface area contributed by atoms with Gasteiger partial charge in [0.1, 0.15) is 0 Å². The van der Waals surface area contributed by atoms with Crippen LogP contribution in [0, 0.1) is 0 Å². The lowest BCUT2D eigenvalue weighted by molar-refractivity contribution is -0.116. The van der Waals surface area contributed by atoms with Gasteiger partial charge in [-0.1, -0.05) is 18.2 Å². The number of benzene rings is 2. The number of amides is 2. The number of carbonyl (C=O) groups is 2. The van der Waals surface area contributed by atoms with Crippen LogP contribution in [0.3, 0.4) is 0 Å². The van der Waals surface area contributed by atoms with E-state index in [4.69, 9.17) is 0 Å². The second kappa shape index (κ2) is 6.24. The standard InChI is InChI=1S/C19H20N2O2/c1-13(22)20-18-7-3-5-15(12-18)16-8-9-19-17(11-16)6-4-10-21(19)14(2)23/h3,5,7-9,11-12H,4,6,10H2,1-2H3,(H,20,22). The molecule has 4 nitrogen and oxygen atoms in total. The Morgan fingerprint density at radius 2 is 1.83 bits per heavy atom. The SMILES string of the molecule is CC(=O)Nc1cccc(-c2ccc3c(c2)CCCN3C(C)=O)c1. The van der Waals surface area contributed by atoms with Crippen LogP contribution in [0.15, 0.2) is 42.5 Å². The Hall–Kier alpha value is -2.62. The summed E-state index contributed by atoms with van der Waals surface area (Å²) in [5, 5.41) is 2.81. The fraction of sp³-hybridized carbons (Fsp3) is 0.263. The zero-order valence-electron chi connectivity index (χ0n) is 13.4. The van der Waals surface area contributed by atoms with Crippen molar-refractivity contribution in [2.75, 3.05) is 16.8 Å². The smallest absolute Gasteiger partial charge is 0.223 e. The summed E-state index contributed by atoms with van der Waals surface area (Å²) in [6, 6.07) is 14.0. The highest BCUT2D eigenvalue weighted by Gasteiger charge is 2.20. The first kappa shape index (κ1) is 15.3. The topological polar surface area (TPSA) is 49.4 Å². The summed E-state index contributed by atoms with van der Waals surface area (Å²) in [5.41, 5.74) is 5.16. The number of hydrogen-bond acceptors (Lipinski definition) is 2. The molecule has 0 aliphatic carbocycles. The van der Waals surface area contributed by atoms with Crippen LogP contribution in [0.4, 0.5) is 11.4 Å². The average Bonchev–Trinajstić information content (AvgIpc) is 2.53. The third kappa shape index (κ3) is 3.26. The maximum atomic E-state index is 11.7. The van der Waals surface area contributed by atoms with Crippen molar-refractivity contribution in [2.24, 2.45) is 0 Å². The molecular weight excluding hydrogens is 288 g/mol. The molecule has 1 N–H and O–H groups in total. The summed E-state index contributed by atoms with van der Waals surface area (Å²) in [5.74, 6) is 0.0102. The zero-order chi connectivity index (χ0) is 16.4. The summed E-state index contributed by atoms with van der Waals surface area (Å²) < 4.78 is 0. The van der Waals surface area contributed by atoms with Gasteiger partial charge in [-0.3, -0.25) is 9.59 Å². The summed E-state index contributed by atoms with van der Waals surface area (Å²) in [7, 11) is 0. The van der Waals surface area contributed by atoms with E-state index in [0.29, 0.717) is 0 Å². The van der Waals surface area contributed by atoms with Gasteiger partial charge in [-0.25, -0.2) is 0 Å². The van der Waals surface area contributed by atoms with Gasteiger partial charge in [0.15, 0.2) is 0 Å². The summed E-state index contributed by atoms with van der Waals surface area (Å²) in [4.78, 5) is 24.8. The molecule has 118 valence electrons. The van der Waals surface area contributed by atoms with E-state index in [-0.39, 0.29) is 11.8 Å². The molecule has 1 aliphatic rings. The number of nitrogens with zero attached hydrogens (tertiary/aromatic N) is 1. The van der Waals surface area contributed by atoms with Crippen molar-refractivity contribution in [2.45, 2.75) is 26.7 Å². The van der Waals surface area contributed by atoms with Gasteiger partial charge < -0.3 is 10.2 Å². The van der Waals surface area contributed by atoms with Gasteiger partial charge in [0, 0.05) is 31.8 Å². The van der Waals surface area contributed by atoms with E-state index in [2.05, 4.69) is 11.4 Å². The molecule has 1 heterocycles. The van der Waals surface area contributed by atoms with Crippen LogP contribution >= 0.6 is 0 Å². The third-order valence-electron chi connectivity index (χ3n) is 4.09. The van der Waals surface area contributed by atoms with Crippen LogP contribution in [-0.4, -0.2) is 18.4 Å². The van der Waals surface area contributed by atoms with Crippen molar-refractivity contribution in [1.82, 2.24) is 0 Å². The minimum absolute atomic E-state index is 0.0790. The van der Waals surface area contributed by atoms with E-state index < -0.39 is 0 Å². The summed E-state index contributed by atoms with van der Waals surface area (Å²) >= 11 is 0. The van der Waals surface area contributed by atoms with Gasteiger partial charge >= 0.3 is 0 Å². The van der Waals surface area contributed by atoms with E-state index >= 15 is 0 Å². The monoisotopic (exact) mass is 308 g/mol. The predicted octanol–water partition coefficient (Wildman–Crippen LogP) is 3.61. The molecule has 2 aromatic rings. The second-order valence-corrected chi connectivity index (χ2v) is 5.88. The predicted molar refractivity (Wildman–Crippen MR) is 92.5 cm³/mol. The first-order valence-corrected chi connectivity index (χ1v) is 7.83. The van der Waals surface area contributed by atoms with E-state index in [1.165, 1.54) is 12.5 Å². The molecule has 3 rings (SSSR count). The van der Waals surface area contributed by atoms with Crippen LogP contribution in [0.25, 0.3) is 11.1 Å². The number of aryl methyl sites for hydroxylation is 1. The Labute approximate surface area is 136 Å². The maximum Gasteiger partial charge on any atom is 0.223 e. The molecule has 23 heavy (non-hydrogen) atoms. The van der Waals surface area contributed by atoms with Crippen LogP contribution in [0.5, 0.6) is 0 Å². The summed E-state index contributed by atoms with van der Waals surface area (Å²) in [6.45, 7) is 3.90. The number of fused-ring (bicyclic) bond motifs is 1. The van der Waals surface area contributed by atoms with Crippen LogP contribution in [0.1, 0.15) is 25.8 Å². The molecule has 0 unspecified atom stereocenters. The Balaban J connectivity index is 1.96. The Morgan fingerprint density at radius 3 is 2.57 bits per heavy atom. The molecule has 0 fully saturated rings. The number of anilines is 2. The fourth-order valence-corrected chi connectivity index (χ4v) is 3.08. The van der Waals surface area contributed by atoms with E-state index in [1.807, 2.05) is 41.3 Å². The molecule has 2 aromatic carbocycles.